The lowest BCUT2D eigenvalue weighted by atomic mass is 9.82. The maximum Gasteiger partial charge on any atom is 0.0666 e. The summed E-state index contributed by atoms with van der Waals surface area (Å²) in [4.78, 5) is 0. The van der Waals surface area contributed by atoms with E-state index in [0.29, 0.717) is 0 Å². The first-order valence-electron chi connectivity index (χ1n) is 7.06. The summed E-state index contributed by atoms with van der Waals surface area (Å²) in [6.45, 7) is 3.19. The van der Waals surface area contributed by atoms with E-state index in [1.807, 2.05) is 11.7 Å². The average Bonchev–Trinajstić information content (AvgIpc) is 2.78. The monoisotopic (exact) mass is 251 g/mol. The van der Waals surface area contributed by atoms with Gasteiger partial charge in [0, 0.05) is 30.9 Å². The molecule has 1 aromatic rings. The van der Waals surface area contributed by atoms with Gasteiger partial charge in [-0.05, 0) is 19.3 Å². The summed E-state index contributed by atoms with van der Waals surface area (Å²) >= 11 is 0. The minimum Gasteiger partial charge on any atom is -0.394 e. The predicted octanol–water partition coefficient (Wildman–Crippen LogP) is 1.77. The van der Waals surface area contributed by atoms with Gasteiger partial charge in [0.05, 0.1) is 12.3 Å². The molecular formula is C14H25N3O. The topological polar surface area (TPSA) is 50.1 Å². The van der Waals surface area contributed by atoms with Gasteiger partial charge in [-0.3, -0.25) is 4.68 Å². The standard InChI is InChI=1S/C14H25N3O/c1-3-13-12(10-17(2)16-13)9-15-14(11-18)7-5-4-6-8-14/h10,15,18H,3-9,11H2,1-2H3. The summed E-state index contributed by atoms with van der Waals surface area (Å²) in [5.74, 6) is 0. The second kappa shape index (κ2) is 5.85. The van der Waals surface area contributed by atoms with Crippen LogP contribution in [-0.2, 0) is 20.0 Å². The van der Waals surface area contributed by atoms with Gasteiger partial charge in [-0.1, -0.05) is 26.2 Å². The number of nitrogens with zero attached hydrogens (tertiary/aromatic N) is 2. The molecule has 0 amide bonds. The van der Waals surface area contributed by atoms with Crippen molar-refractivity contribution in [3.05, 3.63) is 17.5 Å². The molecule has 102 valence electrons. The number of aryl methyl sites for hydroxylation is 2. The first kappa shape index (κ1) is 13.6. The fraction of sp³-hybridized carbons (Fsp3) is 0.786. The predicted molar refractivity (Wildman–Crippen MR) is 72.3 cm³/mol. The number of aromatic nitrogens is 2. The first-order valence-corrected chi connectivity index (χ1v) is 7.06. The zero-order valence-electron chi connectivity index (χ0n) is 11.6. The molecule has 0 saturated heterocycles. The third kappa shape index (κ3) is 2.93. The van der Waals surface area contributed by atoms with Crippen LogP contribution < -0.4 is 5.32 Å². The van der Waals surface area contributed by atoms with Crippen molar-refractivity contribution < 1.29 is 5.11 Å². The summed E-state index contributed by atoms with van der Waals surface area (Å²) in [6, 6.07) is 0. The summed E-state index contributed by atoms with van der Waals surface area (Å²) in [5, 5.41) is 17.7. The Morgan fingerprint density at radius 1 is 1.39 bits per heavy atom. The molecule has 0 radical (unpaired) electrons. The summed E-state index contributed by atoms with van der Waals surface area (Å²) < 4.78 is 1.88. The minimum atomic E-state index is -0.0564. The Morgan fingerprint density at radius 2 is 2.11 bits per heavy atom. The highest BCUT2D eigenvalue weighted by molar-refractivity contribution is 5.17. The molecule has 0 bridgehead atoms. The second-order valence-electron chi connectivity index (χ2n) is 5.48. The Hall–Kier alpha value is -0.870. The molecule has 1 saturated carbocycles. The van der Waals surface area contributed by atoms with Crippen molar-refractivity contribution in [3.63, 3.8) is 0 Å². The van der Waals surface area contributed by atoms with E-state index < -0.39 is 0 Å². The van der Waals surface area contributed by atoms with Crippen LogP contribution in [0.5, 0.6) is 0 Å². The Morgan fingerprint density at radius 3 is 2.72 bits per heavy atom. The largest absolute Gasteiger partial charge is 0.394 e. The highest BCUT2D eigenvalue weighted by atomic mass is 16.3. The van der Waals surface area contributed by atoms with Crippen LogP contribution in [-0.4, -0.2) is 27.0 Å². The van der Waals surface area contributed by atoms with Gasteiger partial charge in [0.2, 0.25) is 0 Å². The number of nitrogens with one attached hydrogen (secondary N) is 1. The molecule has 4 heteroatoms. The van der Waals surface area contributed by atoms with Gasteiger partial charge < -0.3 is 10.4 Å². The van der Waals surface area contributed by atoms with E-state index in [1.165, 1.54) is 24.8 Å². The quantitative estimate of drug-likeness (QED) is 0.838. The molecule has 2 N–H and O–H groups in total. The van der Waals surface area contributed by atoms with Gasteiger partial charge in [0.25, 0.3) is 0 Å². The van der Waals surface area contributed by atoms with Crippen molar-refractivity contribution in [3.8, 4) is 0 Å². The van der Waals surface area contributed by atoms with Crippen LogP contribution in [0.25, 0.3) is 0 Å². The van der Waals surface area contributed by atoms with Gasteiger partial charge in [0.1, 0.15) is 0 Å². The van der Waals surface area contributed by atoms with E-state index in [-0.39, 0.29) is 12.1 Å². The molecule has 2 rings (SSSR count). The Bertz CT molecular complexity index is 380. The van der Waals surface area contributed by atoms with Gasteiger partial charge in [0.15, 0.2) is 0 Å². The van der Waals surface area contributed by atoms with E-state index >= 15 is 0 Å². The maximum absolute atomic E-state index is 9.67. The molecule has 1 aromatic heterocycles. The highest BCUT2D eigenvalue weighted by Crippen LogP contribution is 2.28. The highest BCUT2D eigenvalue weighted by Gasteiger charge is 2.30. The third-order valence-electron chi connectivity index (χ3n) is 4.09. The Balaban J connectivity index is 2.00. The SMILES string of the molecule is CCc1nn(C)cc1CNC1(CO)CCCCC1. The second-order valence-corrected chi connectivity index (χ2v) is 5.48. The molecule has 1 heterocycles. The lowest BCUT2D eigenvalue weighted by Gasteiger charge is -2.36. The molecule has 0 atom stereocenters. The molecule has 1 fully saturated rings. The van der Waals surface area contributed by atoms with Crippen LogP contribution in [0.3, 0.4) is 0 Å². The van der Waals surface area contributed by atoms with Crippen molar-refractivity contribution in [2.75, 3.05) is 6.61 Å². The molecule has 0 spiro atoms. The molecule has 0 unspecified atom stereocenters. The lowest BCUT2D eigenvalue weighted by molar-refractivity contribution is 0.119. The van der Waals surface area contributed by atoms with E-state index in [9.17, 15) is 5.11 Å². The van der Waals surface area contributed by atoms with Gasteiger partial charge in [-0.2, -0.15) is 5.10 Å². The Kier molecular flexibility index (Phi) is 4.40. The normalized spacial score (nSPS) is 19.1. The van der Waals surface area contributed by atoms with Crippen molar-refractivity contribution in [1.82, 2.24) is 15.1 Å². The van der Waals surface area contributed by atoms with Crippen LogP contribution >= 0.6 is 0 Å². The number of aliphatic hydroxyl groups excluding tert-OH is 1. The fourth-order valence-corrected chi connectivity index (χ4v) is 2.93. The van der Waals surface area contributed by atoms with E-state index in [0.717, 1.165) is 31.5 Å². The van der Waals surface area contributed by atoms with Gasteiger partial charge >= 0.3 is 0 Å². The number of hydrogen-bond donors (Lipinski definition) is 2. The summed E-state index contributed by atoms with van der Waals surface area (Å²) in [7, 11) is 1.96. The molecule has 4 nitrogen and oxygen atoms in total. The fourth-order valence-electron chi connectivity index (χ4n) is 2.93. The van der Waals surface area contributed by atoms with Gasteiger partial charge in [-0.25, -0.2) is 0 Å². The molecule has 0 aliphatic heterocycles. The lowest BCUT2D eigenvalue weighted by Crippen LogP contribution is -2.49. The summed E-state index contributed by atoms with van der Waals surface area (Å²) in [6.07, 6.45) is 8.97. The average molecular weight is 251 g/mol. The van der Waals surface area contributed by atoms with Crippen LogP contribution in [0.15, 0.2) is 6.20 Å². The molecule has 18 heavy (non-hydrogen) atoms. The van der Waals surface area contributed by atoms with E-state index in [4.69, 9.17) is 0 Å². The smallest absolute Gasteiger partial charge is 0.0666 e. The number of rotatable bonds is 5. The van der Waals surface area contributed by atoms with Crippen molar-refractivity contribution >= 4 is 0 Å². The number of hydrogen-bond acceptors (Lipinski definition) is 3. The van der Waals surface area contributed by atoms with Crippen molar-refractivity contribution in [2.45, 2.75) is 57.5 Å². The van der Waals surface area contributed by atoms with Gasteiger partial charge in [-0.15, -0.1) is 0 Å². The van der Waals surface area contributed by atoms with E-state index in [1.54, 1.807) is 0 Å². The van der Waals surface area contributed by atoms with Crippen molar-refractivity contribution in [1.29, 1.82) is 0 Å². The molecule has 1 aliphatic rings. The van der Waals surface area contributed by atoms with Crippen LogP contribution in [0, 0.1) is 0 Å². The van der Waals surface area contributed by atoms with Crippen LogP contribution in [0.4, 0.5) is 0 Å². The first-order chi connectivity index (χ1) is 8.69. The Labute approximate surface area is 109 Å². The zero-order chi connectivity index (χ0) is 13.0. The minimum absolute atomic E-state index is 0.0564. The summed E-state index contributed by atoms with van der Waals surface area (Å²) in [5.41, 5.74) is 2.37. The zero-order valence-corrected chi connectivity index (χ0v) is 11.6. The van der Waals surface area contributed by atoms with Crippen molar-refractivity contribution in [2.24, 2.45) is 7.05 Å². The maximum atomic E-state index is 9.67. The number of aliphatic hydroxyl groups is 1. The molecular weight excluding hydrogens is 226 g/mol. The van der Waals surface area contributed by atoms with E-state index in [2.05, 4.69) is 23.5 Å². The van der Waals surface area contributed by atoms with Crippen LogP contribution in [0.2, 0.25) is 0 Å². The molecule has 0 aromatic carbocycles. The van der Waals surface area contributed by atoms with Crippen LogP contribution in [0.1, 0.15) is 50.3 Å². The molecule has 1 aliphatic carbocycles. The third-order valence-corrected chi connectivity index (χ3v) is 4.09.